The lowest BCUT2D eigenvalue weighted by atomic mass is 9.90. The van der Waals surface area contributed by atoms with Gasteiger partial charge in [0.05, 0.1) is 11.6 Å². The maximum Gasteiger partial charge on any atom is 0.160 e. The number of aromatic amines is 1. The molecular weight excluding hydrogens is 226 g/mol. The van der Waals surface area contributed by atoms with E-state index >= 15 is 0 Å². The van der Waals surface area contributed by atoms with Gasteiger partial charge in [0.1, 0.15) is 12.1 Å². The third-order valence-corrected chi connectivity index (χ3v) is 2.89. The van der Waals surface area contributed by atoms with Crippen molar-refractivity contribution in [2.24, 2.45) is 5.41 Å². The maximum atomic E-state index is 4.24. The minimum atomic E-state index is 0.423. The van der Waals surface area contributed by atoms with Gasteiger partial charge in [-0.2, -0.15) is 5.10 Å². The molecule has 18 heavy (non-hydrogen) atoms. The Labute approximate surface area is 107 Å². The zero-order chi connectivity index (χ0) is 13.0. The number of anilines is 1. The largest absolute Gasteiger partial charge is 0.369 e. The van der Waals surface area contributed by atoms with Gasteiger partial charge < -0.3 is 5.32 Å². The number of aromatic nitrogens is 4. The normalized spacial score (nSPS) is 11.9. The molecule has 2 aromatic rings. The van der Waals surface area contributed by atoms with E-state index in [0.717, 1.165) is 29.8 Å². The summed E-state index contributed by atoms with van der Waals surface area (Å²) in [7, 11) is 0. The van der Waals surface area contributed by atoms with Crippen LogP contribution in [0.15, 0.2) is 12.5 Å². The SMILES string of the molecule is CC(C)(C)CCCCNc1ncnc2[nH]ncc12. The molecule has 2 aromatic heterocycles. The number of hydrogen-bond acceptors (Lipinski definition) is 4. The van der Waals surface area contributed by atoms with Crippen molar-refractivity contribution in [2.75, 3.05) is 11.9 Å². The zero-order valence-electron chi connectivity index (χ0n) is 11.3. The molecule has 2 N–H and O–H groups in total. The summed E-state index contributed by atoms with van der Waals surface area (Å²) >= 11 is 0. The predicted molar refractivity (Wildman–Crippen MR) is 73.5 cm³/mol. The molecule has 5 nitrogen and oxygen atoms in total. The van der Waals surface area contributed by atoms with Crippen LogP contribution in [0.4, 0.5) is 5.82 Å². The molecule has 2 heterocycles. The van der Waals surface area contributed by atoms with E-state index in [1.807, 2.05) is 0 Å². The molecule has 2 rings (SSSR count). The third kappa shape index (κ3) is 3.42. The van der Waals surface area contributed by atoms with Crippen molar-refractivity contribution in [2.45, 2.75) is 40.0 Å². The fraction of sp³-hybridized carbons (Fsp3) is 0.615. The van der Waals surface area contributed by atoms with E-state index in [-0.39, 0.29) is 0 Å². The first-order valence-corrected chi connectivity index (χ1v) is 6.44. The molecule has 0 unspecified atom stereocenters. The summed E-state index contributed by atoms with van der Waals surface area (Å²) in [6, 6.07) is 0. The Bertz CT molecular complexity index is 497. The van der Waals surface area contributed by atoms with E-state index in [2.05, 4.69) is 46.3 Å². The number of nitrogens with zero attached hydrogens (tertiary/aromatic N) is 3. The first kappa shape index (κ1) is 12.8. The highest BCUT2D eigenvalue weighted by Crippen LogP contribution is 2.21. The van der Waals surface area contributed by atoms with E-state index in [0.29, 0.717) is 5.41 Å². The minimum Gasteiger partial charge on any atom is -0.369 e. The second kappa shape index (κ2) is 5.33. The molecule has 0 radical (unpaired) electrons. The van der Waals surface area contributed by atoms with Gasteiger partial charge in [-0.3, -0.25) is 5.10 Å². The number of H-pyrrole nitrogens is 1. The van der Waals surface area contributed by atoms with Crippen molar-refractivity contribution in [3.63, 3.8) is 0 Å². The molecule has 0 saturated carbocycles. The first-order valence-electron chi connectivity index (χ1n) is 6.44. The van der Waals surface area contributed by atoms with Gasteiger partial charge in [0.15, 0.2) is 5.65 Å². The number of rotatable bonds is 5. The number of nitrogens with one attached hydrogen (secondary N) is 2. The Morgan fingerprint density at radius 1 is 1.22 bits per heavy atom. The van der Waals surface area contributed by atoms with Gasteiger partial charge in [-0.25, -0.2) is 9.97 Å². The summed E-state index contributed by atoms with van der Waals surface area (Å²) in [5.41, 5.74) is 1.20. The predicted octanol–water partition coefficient (Wildman–Crippen LogP) is 2.98. The van der Waals surface area contributed by atoms with Crippen LogP contribution in [0.25, 0.3) is 11.0 Å². The highest BCUT2D eigenvalue weighted by molar-refractivity contribution is 5.85. The molecule has 0 atom stereocenters. The van der Waals surface area contributed by atoms with Gasteiger partial charge in [-0.15, -0.1) is 0 Å². The molecular formula is C13H21N5. The van der Waals surface area contributed by atoms with Gasteiger partial charge in [-0.1, -0.05) is 27.2 Å². The lowest BCUT2D eigenvalue weighted by Crippen LogP contribution is -2.08. The maximum absolute atomic E-state index is 4.24. The topological polar surface area (TPSA) is 66.5 Å². The quantitative estimate of drug-likeness (QED) is 0.797. The second-order valence-electron chi connectivity index (χ2n) is 5.80. The van der Waals surface area contributed by atoms with Crippen molar-refractivity contribution in [3.05, 3.63) is 12.5 Å². The summed E-state index contributed by atoms with van der Waals surface area (Å²) in [6.07, 6.45) is 6.95. The van der Waals surface area contributed by atoms with Crippen LogP contribution in [0.3, 0.4) is 0 Å². The van der Waals surface area contributed by atoms with Crippen molar-refractivity contribution >= 4 is 16.9 Å². The molecule has 0 amide bonds. The molecule has 0 spiro atoms. The monoisotopic (exact) mass is 247 g/mol. The molecule has 98 valence electrons. The molecule has 5 heteroatoms. The van der Waals surface area contributed by atoms with Gasteiger partial charge in [-0.05, 0) is 18.3 Å². The summed E-state index contributed by atoms with van der Waals surface area (Å²) < 4.78 is 0. The van der Waals surface area contributed by atoms with Gasteiger partial charge >= 0.3 is 0 Å². The van der Waals surface area contributed by atoms with Crippen LogP contribution in [0.1, 0.15) is 40.0 Å². The number of hydrogen-bond donors (Lipinski definition) is 2. The molecule has 0 aromatic carbocycles. The average Bonchev–Trinajstić information content (AvgIpc) is 2.75. The Morgan fingerprint density at radius 3 is 2.83 bits per heavy atom. The Kier molecular flexibility index (Phi) is 3.79. The minimum absolute atomic E-state index is 0.423. The van der Waals surface area contributed by atoms with Crippen LogP contribution in [0.2, 0.25) is 0 Å². The Hall–Kier alpha value is -1.65. The number of fused-ring (bicyclic) bond motifs is 1. The molecule has 0 saturated heterocycles. The molecule has 0 aliphatic carbocycles. The van der Waals surface area contributed by atoms with Crippen molar-refractivity contribution in [1.29, 1.82) is 0 Å². The van der Waals surface area contributed by atoms with Gasteiger partial charge in [0, 0.05) is 6.54 Å². The standard InChI is InChI=1S/C13H21N5/c1-13(2,3)6-4-5-7-14-11-10-8-17-18-12(10)16-9-15-11/h8-9H,4-7H2,1-3H3,(H2,14,15,16,17,18). The third-order valence-electron chi connectivity index (χ3n) is 2.89. The first-order chi connectivity index (χ1) is 8.56. The van der Waals surface area contributed by atoms with Crippen molar-refractivity contribution in [1.82, 2.24) is 20.2 Å². The van der Waals surface area contributed by atoms with E-state index in [9.17, 15) is 0 Å². The van der Waals surface area contributed by atoms with Crippen LogP contribution in [-0.4, -0.2) is 26.7 Å². The summed E-state index contributed by atoms with van der Waals surface area (Å²) in [5, 5.41) is 11.1. The van der Waals surface area contributed by atoms with E-state index in [1.54, 1.807) is 12.5 Å². The lowest BCUT2D eigenvalue weighted by molar-refractivity contribution is 0.362. The lowest BCUT2D eigenvalue weighted by Gasteiger charge is -2.17. The zero-order valence-corrected chi connectivity index (χ0v) is 11.3. The molecule has 0 aliphatic rings. The van der Waals surface area contributed by atoms with E-state index < -0.39 is 0 Å². The van der Waals surface area contributed by atoms with Gasteiger partial charge in [0.2, 0.25) is 0 Å². The summed E-state index contributed by atoms with van der Waals surface area (Å²) in [5.74, 6) is 0.865. The van der Waals surface area contributed by atoms with Crippen LogP contribution in [0.5, 0.6) is 0 Å². The Balaban J connectivity index is 1.82. The summed E-state index contributed by atoms with van der Waals surface area (Å²) in [4.78, 5) is 8.35. The highest BCUT2D eigenvalue weighted by Gasteiger charge is 2.09. The molecule has 0 aliphatic heterocycles. The van der Waals surface area contributed by atoms with Crippen molar-refractivity contribution in [3.8, 4) is 0 Å². The highest BCUT2D eigenvalue weighted by atomic mass is 15.2. The smallest absolute Gasteiger partial charge is 0.160 e. The summed E-state index contributed by atoms with van der Waals surface area (Å²) in [6.45, 7) is 7.77. The van der Waals surface area contributed by atoms with Crippen LogP contribution in [-0.2, 0) is 0 Å². The van der Waals surface area contributed by atoms with Crippen LogP contribution < -0.4 is 5.32 Å². The van der Waals surface area contributed by atoms with E-state index in [1.165, 1.54) is 12.8 Å². The fourth-order valence-corrected chi connectivity index (χ4v) is 1.89. The van der Waals surface area contributed by atoms with Crippen LogP contribution >= 0.6 is 0 Å². The average molecular weight is 247 g/mol. The fourth-order valence-electron chi connectivity index (χ4n) is 1.89. The van der Waals surface area contributed by atoms with Gasteiger partial charge in [0.25, 0.3) is 0 Å². The molecule has 0 bridgehead atoms. The number of unbranched alkanes of at least 4 members (excludes halogenated alkanes) is 1. The van der Waals surface area contributed by atoms with E-state index in [4.69, 9.17) is 0 Å². The van der Waals surface area contributed by atoms with Crippen LogP contribution in [0, 0.1) is 5.41 Å². The van der Waals surface area contributed by atoms with Crippen molar-refractivity contribution < 1.29 is 0 Å². The second-order valence-corrected chi connectivity index (χ2v) is 5.80. The Morgan fingerprint density at radius 2 is 2.06 bits per heavy atom. The molecule has 0 fully saturated rings.